The Morgan fingerprint density at radius 2 is 2.00 bits per heavy atom. The van der Waals surface area contributed by atoms with Crippen molar-refractivity contribution in [1.29, 1.82) is 0 Å². The lowest BCUT2D eigenvalue weighted by molar-refractivity contribution is -0.139. The van der Waals surface area contributed by atoms with Crippen molar-refractivity contribution in [2.24, 2.45) is 0 Å². The number of esters is 1. The predicted octanol–water partition coefficient (Wildman–Crippen LogP) is 3.29. The van der Waals surface area contributed by atoms with E-state index < -0.39 is 0 Å². The summed E-state index contributed by atoms with van der Waals surface area (Å²) in [5.41, 5.74) is 5.16. The van der Waals surface area contributed by atoms with Gasteiger partial charge in [0.1, 0.15) is 0 Å². The molecule has 0 saturated heterocycles. The molecule has 1 unspecified atom stereocenters. The van der Waals surface area contributed by atoms with Crippen LogP contribution < -0.4 is 10.6 Å². The highest BCUT2D eigenvalue weighted by Gasteiger charge is 2.32. The van der Waals surface area contributed by atoms with Gasteiger partial charge in [0.05, 0.1) is 18.2 Å². The van der Waals surface area contributed by atoms with Gasteiger partial charge in [-0.05, 0) is 66.4 Å². The quantitative estimate of drug-likeness (QED) is 0.656. The van der Waals surface area contributed by atoms with Crippen molar-refractivity contribution < 1.29 is 9.53 Å². The van der Waals surface area contributed by atoms with Gasteiger partial charge >= 0.3 is 5.97 Å². The summed E-state index contributed by atoms with van der Waals surface area (Å²) in [6.07, 6.45) is 2.15. The van der Waals surface area contributed by atoms with Gasteiger partial charge in [-0.25, -0.2) is 4.79 Å². The van der Waals surface area contributed by atoms with Crippen LogP contribution in [0.5, 0.6) is 0 Å². The second-order valence-corrected chi connectivity index (χ2v) is 6.85. The molecule has 0 radical (unpaired) electrons. The molecule has 2 N–H and O–H groups in total. The summed E-state index contributed by atoms with van der Waals surface area (Å²) >= 11 is 5.34. The average Bonchev–Trinajstić information content (AvgIpc) is 3.00. The topological polar surface area (TPSA) is 50.4 Å². The molecule has 1 aliphatic heterocycles. The summed E-state index contributed by atoms with van der Waals surface area (Å²) in [6.45, 7) is 4.03. The Balaban J connectivity index is 1.91. The van der Waals surface area contributed by atoms with Crippen LogP contribution >= 0.6 is 12.2 Å². The highest BCUT2D eigenvalue weighted by molar-refractivity contribution is 7.80. The summed E-state index contributed by atoms with van der Waals surface area (Å²) < 4.78 is 5.29. The molecule has 2 aromatic carbocycles. The van der Waals surface area contributed by atoms with Crippen LogP contribution in [0.4, 0.5) is 0 Å². The number of carbonyl (C=O) groups is 1. The first-order chi connectivity index (χ1) is 12.1. The Kier molecular flexibility index (Phi) is 3.96. The maximum absolute atomic E-state index is 12.6. The van der Waals surface area contributed by atoms with E-state index in [1.807, 2.05) is 13.8 Å². The van der Waals surface area contributed by atoms with Gasteiger partial charge < -0.3 is 15.4 Å². The van der Waals surface area contributed by atoms with Crippen LogP contribution in [0.2, 0.25) is 0 Å². The van der Waals surface area contributed by atoms with Gasteiger partial charge in [-0.2, -0.15) is 0 Å². The summed E-state index contributed by atoms with van der Waals surface area (Å²) in [4.78, 5) is 12.6. The molecular weight excluding hydrogens is 332 g/mol. The zero-order valence-corrected chi connectivity index (χ0v) is 15.1. The highest BCUT2D eigenvalue weighted by Crippen LogP contribution is 2.38. The molecule has 25 heavy (non-hydrogen) atoms. The maximum atomic E-state index is 12.6. The summed E-state index contributed by atoms with van der Waals surface area (Å²) in [5.74, 6) is -0.309. The maximum Gasteiger partial charge on any atom is 0.338 e. The van der Waals surface area contributed by atoms with Crippen LogP contribution in [0, 0.1) is 0 Å². The van der Waals surface area contributed by atoms with E-state index >= 15 is 0 Å². The van der Waals surface area contributed by atoms with Crippen LogP contribution in [-0.4, -0.2) is 17.7 Å². The Hall–Kier alpha value is -2.40. The van der Waals surface area contributed by atoms with Crippen LogP contribution in [0.25, 0.3) is 10.8 Å². The monoisotopic (exact) mass is 352 g/mol. The molecule has 0 bridgehead atoms. The normalized spacial score (nSPS) is 19.0. The summed E-state index contributed by atoms with van der Waals surface area (Å²) in [7, 11) is 0. The minimum atomic E-state index is -0.309. The third-order valence-corrected chi connectivity index (χ3v) is 5.21. The van der Waals surface area contributed by atoms with Crippen molar-refractivity contribution in [2.45, 2.75) is 32.7 Å². The van der Waals surface area contributed by atoms with Crippen molar-refractivity contribution in [3.8, 4) is 0 Å². The van der Waals surface area contributed by atoms with Crippen molar-refractivity contribution in [3.63, 3.8) is 0 Å². The highest BCUT2D eigenvalue weighted by atomic mass is 32.1. The molecule has 5 heteroatoms. The van der Waals surface area contributed by atoms with E-state index in [1.54, 1.807) is 0 Å². The van der Waals surface area contributed by atoms with Gasteiger partial charge in [0, 0.05) is 5.70 Å². The number of benzene rings is 2. The standard InChI is InChI=1S/C20H20N2O2S/c1-3-24-19(23)16-11(2)21-20(25)22-18(16)15-10-9-13-8-7-12-5-4-6-14(15)17(12)13/h4-6,9-10,18H,3,7-8H2,1-2H3,(H2,21,22,25). The van der Waals surface area contributed by atoms with Crippen LogP contribution in [0.3, 0.4) is 0 Å². The third kappa shape index (κ3) is 2.59. The minimum absolute atomic E-state index is 0.308. The molecule has 2 aliphatic rings. The van der Waals surface area contributed by atoms with Crippen LogP contribution in [-0.2, 0) is 22.4 Å². The Morgan fingerprint density at radius 3 is 2.76 bits per heavy atom. The van der Waals surface area contributed by atoms with E-state index in [-0.39, 0.29) is 12.0 Å². The van der Waals surface area contributed by atoms with Crippen molar-refractivity contribution in [2.75, 3.05) is 6.61 Å². The number of ether oxygens (including phenoxy) is 1. The first kappa shape index (κ1) is 16.1. The number of aryl methyl sites for hydroxylation is 2. The number of allylic oxidation sites excluding steroid dienone is 1. The number of rotatable bonds is 3. The number of thiocarbonyl (C=S) groups is 1. The molecule has 0 fully saturated rings. The van der Waals surface area contributed by atoms with Crippen LogP contribution in [0.15, 0.2) is 41.6 Å². The molecule has 1 aliphatic carbocycles. The first-order valence-electron chi connectivity index (χ1n) is 8.59. The largest absolute Gasteiger partial charge is 0.463 e. The second kappa shape index (κ2) is 6.15. The van der Waals surface area contributed by atoms with Gasteiger partial charge in [-0.1, -0.05) is 30.3 Å². The van der Waals surface area contributed by atoms with Gasteiger partial charge in [0.25, 0.3) is 0 Å². The zero-order valence-electron chi connectivity index (χ0n) is 14.3. The molecule has 0 saturated carbocycles. The van der Waals surface area contributed by atoms with E-state index in [2.05, 4.69) is 41.0 Å². The van der Waals surface area contributed by atoms with E-state index in [0.717, 1.165) is 24.1 Å². The Bertz CT molecular complexity index is 922. The average molecular weight is 352 g/mol. The number of nitrogens with one attached hydrogen (secondary N) is 2. The lowest BCUT2D eigenvalue weighted by Crippen LogP contribution is -2.45. The van der Waals surface area contributed by atoms with Gasteiger partial charge in [-0.3, -0.25) is 0 Å². The van der Waals surface area contributed by atoms with Crippen molar-refractivity contribution in [3.05, 3.63) is 58.3 Å². The zero-order chi connectivity index (χ0) is 17.6. The van der Waals surface area contributed by atoms with E-state index in [4.69, 9.17) is 17.0 Å². The second-order valence-electron chi connectivity index (χ2n) is 6.44. The SMILES string of the molecule is CCOC(=O)C1=C(C)NC(=S)NC1c1ccc2c3c(cccc13)CC2. The third-order valence-electron chi connectivity index (χ3n) is 4.99. The first-order valence-corrected chi connectivity index (χ1v) is 8.99. The number of hydrogen-bond donors (Lipinski definition) is 2. The Labute approximate surface area is 152 Å². The fraction of sp³-hybridized carbons (Fsp3) is 0.300. The van der Waals surface area contributed by atoms with Gasteiger partial charge in [0.15, 0.2) is 5.11 Å². The molecule has 1 heterocycles. The molecule has 128 valence electrons. The molecule has 4 nitrogen and oxygen atoms in total. The van der Waals surface area contributed by atoms with E-state index in [0.29, 0.717) is 17.3 Å². The molecule has 4 rings (SSSR count). The molecule has 0 amide bonds. The molecule has 0 spiro atoms. The summed E-state index contributed by atoms with van der Waals surface area (Å²) in [5, 5.41) is 9.35. The van der Waals surface area contributed by atoms with E-state index in [1.165, 1.54) is 21.9 Å². The van der Waals surface area contributed by atoms with Crippen LogP contribution in [0.1, 0.15) is 36.6 Å². The summed E-state index contributed by atoms with van der Waals surface area (Å²) in [6, 6.07) is 10.4. The smallest absolute Gasteiger partial charge is 0.338 e. The molecular formula is C20H20N2O2S. The lowest BCUT2D eigenvalue weighted by atomic mass is 9.90. The molecule has 0 aromatic heterocycles. The number of carbonyl (C=O) groups excluding carboxylic acids is 1. The number of hydrogen-bond acceptors (Lipinski definition) is 3. The van der Waals surface area contributed by atoms with E-state index in [9.17, 15) is 4.79 Å². The van der Waals surface area contributed by atoms with Crippen molar-refractivity contribution >= 4 is 34.1 Å². The fourth-order valence-corrected chi connectivity index (χ4v) is 4.20. The molecule has 2 aromatic rings. The minimum Gasteiger partial charge on any atom is -0.463 e. The fourth-order valence-electron chi connectivity index (χ4n) is 3.93. The lowest BCUT2D eigenvalue weighted by Gasteiger charge is -2.30. The van der Waals surface area contributed by atoms with Gasteiger partial charge in [0.2, 0.25) is 0 Å². The van der Waals surface area contributed by atoms with Gasteiger partial charge in [-0.15, -0.1) is 0 Å². The van der Waals surface area contributed by atoms with Crippen molar-refractivity contribution in [1.82, 2.24) is 10.6 Å². The predicted molar refractivity (Wildman–Crippen MR) is 102 cm³/mol. The Morgan fingerprint density at radius 1 is 1.24 bits per heavy atom. The molecule has 1 atom stereocenters.